The van der Waals surface area contributed by atoms with E-state index in [9.17, 15) is 4.39 Å². The van der Waals surface area contributed by atoms with Crippen molar-refractivity contribution in [2.24, 2.45) is 0 Å². The fourth-order valence-electron chi connectivity index (χ4n) is 4.28. The Morgan fingerprint density at radius 2 is 1.76 bits per heavy atom. The summed E-state index contributed by atoms with van der Waals surface area (Å²) in [5.74, 6) is 0.565. The largest absolute Gasteiger partial charge is 0.494 e. The van der Waals surface area contributed by atoms with Gasteiger partial charge < -0.3 is 9.64 Å². The second kappa shape index (κ2) is 11.3. The molecule has 0 N–H and O–H groups in total. The van der Waals surface area contributed by atoms with Gasteiger partial charge in [-0.05, 0) is 35.4 Å². The molecule has 1 aliphatic carbocycles. The highest BCUT2D eigenvalue weighted by Crippen LogP contribution is 2.24. The molecule has 0 atom stereocenters. The zero-order valence-electron chi connectivity index (χ0n) is 18.6. The van der Waals surface area contributed by atoms with Gasteiger partial charge in [-0.2, -0.15) is 0 Å². The number of piperazine rings is 1. The summed E-state index contributed by atoms with van der Waals surface area (Å²) >= 11 is 5.82. The molecule has 1 saturated carbocycles. The molecule has 0 amide bonds. The molecule has 33 heavy (non-hydrogen) atoms. The first-order valence-electron chi connectivity index (χ1n) is 11.2. The lowest BCUT2D eigenvalue weighted by molar-refractivity contribution is 0.147. The Balaban J connectivity index is 0.000000165. The van der Waals surface area contributed by atoms with Crippen LogP contribution in [0.1, 0.15) is 32.1 Å². The molecule has 9 nitrogen and oxygen atoms in total. The number of benzene rings is 1. The predicted octanol–water partition coefficient (Wildman–Crippen LogP) is 3.39. The Morgan fingerprint density at radius 1 is 1.03 bits per heavy atom. The molecular formula is C22H28ClFN8O. The van der Waals surface area contributed by atoms with Crippen LogP contribution in [0.3, 0.4) is 0 Å². The van der Waals surface area contributed by atoms with E-state index in [0.717, 1.165) is 38.2 Å². The average Bonchev–Trinajstić information content (AvgIpc) is 3.41. The molecule has 11 heteroatoms. The van der Waals surface area contributed by atoms with Crippen LogP contribution in [0.15, 0.2) is 36.9 Å². The molecule has 1 saturated heterocycles. The van der Waals surface area contributed by atoms with Crippen molar-refractivity contribution in [3.8, 4) is 11.4 Å². The molecule has 0 radical (unpaired) electrons. The molecule has 176 valence electrons. The van der Waals surface area contributed by atoms with Gasteiger partial charge in [-0.1, -0.05) is 30.9 Å². The molecule has 0 bridgehead atoms. The first kappa shape index (κ1) is 23.3. The third-order valence-electron chi connectivity index (χ3n) is 6.04. The number of rotatable bonds is 4. The van der Waals surface area contributed by atoms with Crippen molar-refractivity contribution < 1.29 is 9.13 Å². The number of tetrazole rings is 1. The van der Waals surface area contributed by atoms with Gasteiger partial charge in [-0.15, -0.1) is 5.10 Å². The lowest BCUT2D eigenvalue weighted by Crippen LogP contribution is -2.51. The van der Waals surface area contributed by atoms with Crippen molar-refractivity contribution in [3.63, 3.8) is 0 Å². The average molecular weight is 475 g/mol. The van der Waals surface area contributed by atoms with E-state index in [0.29, 0.717) is 10.7 Å². The Morgan fingerprint density at radius 3 is 2.36 bits per heavy atom. The van der Waals surface area contributed by atoms with Crippen LogP contribution in [0.5, 0.6) is 5.75 Å². The van der Waals surface area contributed by atoms with Crippen molar-refractivity contribution in [1.29, 1.82) is 0 Å². The van der Waals surface area contributed by atoms with Gasteiger partial charge in [0.2, 0.25) is 5.95 Å². The number of nitrogens with zero attached hydrogens (tertiary/aromatic N) is 8. The zero-order valence-corrected chi connectivity index (χ0v) is 19.4. The van der Waals surface area contributed by atoms with Gasteiger partial charge in [-0.25, -0.2) is 19.0 Å². The number of aromatic nitrogens is 6. The van der Waals surface area contributed by atoms with E-state index in [1.165, 1.54) is 62.4 Å². The molecule has 1 aliphatic heterocycles. The third kappa shape index (κ3) is 6.14. The van der Waals surface area contributed by atoms with Crippen molar-refractivity contribution in [3.05, 3.63) is 47.8 Å². The van der Waals surface area contributed by atoms with Gasteiger partial charge in [0.25, 0.3) is 0 Å². The molecule has 2 aromatic heterocycles. The smallest absolute Gasteiger partial charge is 0.225 e. The van der Waals surface area contributed by atoms with Crippen LogP contribution in [0.4, 0.5) is 10.3 Å². The van der Waals surface area contributed by atoms with Crippen LogP contribution in [-0.4, -0.2) is 74.4 Å². The van der Waals surface area contributed by atoms with E-state index < -0.39 is 5.82 Å². The topological polar surface area (TPSA) is 85.1 Å². The maximum Gasteiger partial charge on any atom is 0.225 e. The van der Waals surface area contributed by atoms with Crippen molar-refractivity contribution in [1.82, 2.24) is 35.1 Å². The first-order valence-corrected chi connectivity index (χ1v) is 11.6. The lowest BCUT2D eigenvalue weighted by atomic mass is 9.94. The first-order chi connectivity index (χ1) is 16.1. The monoisotopic (exact) mass is 474 g/mol. The number of hydrogen-bond donors (Lipinski definition) is 0. The van der Waals surface area contributed by atoms with Gasteiger partial charge in [-0.3, -0.25) is 4.90 Å². The fourth-order valence-corrected chi connectivity index (χ4v) is 4.38. The summed E-state index contributed by atoms with van der Waals surface area (Å²) in [6.07, 6.45) is 11.8. The van der Waals surface area contributed by atoms with Gasteiger partial charge in [0.1, 0.15) is 6.33 Å². The normalized spacial score (nSPS) is 17.4. The zero-order chi connectivity index (χ0) is 23.0. The summed E-state index contributed by atoms with van der Waals surface area (Å²) in [7, 11) is 1.41. The van der Waals surface area contributed by atoms with E-state index in [1.807, 2.05) is 0 Å². The number of ether oxygens (including phenoxy) is 1. The molecule has 3 aromatic rings. The Hall–Kier alpha value is -2.85. The Labute approximate surface area is 197 Å². The number of methoxy groups -OCH3 is 1. The van der Waals surface area contributed by atoms with Crippen molar-refractivity contribution in [2.45, 2.75) is 38.1 Å². The fraction of sp³-hybridized carbons (Fsp3) is 0.500. The SMILES string of the molecule is COc1ccc(-n2cnnn2)cc1F.Clc1cnc(N2CCN(C3CCCCC3)CC2)nc1. The van der Waals surface area contributed by atoms with Crippen LogP contribution < -0.4 is 9.64 Å². The second-order valence-corrected chi connectivity index (χ2v) is 8.53. The Bertz CT molecular complexity index is 990. The van der Waals surface area contributed by atoms with Gasteiger partial charge in [0.15, 0.2) is 11.6 Å². The third-order valence-corrected chi connectivity index (χ3v) is 6.24. The standard InChI is InChI=1S/C14H21ClN4.C8H7FN4O/c15-12-10-16-14(17-11-12)19-8-6-18(7-9-19)13-4-2-1-3-5-13;1-14-8-3-2-6(4-7(8)9)13-5-10-11-12-13/h10-11,13H,1-9H2;2-5H,1H3. The number of anilines is 1. The highest BCUT2D eigenvalue weighted by atomic mass is 35.5. The number of halogens is 2. The van der Waals surface area contributed by atoms with Crippen LogP contribution >= 0.6 is 11.6 Å². The summed E-state index contributed by atoms with van der Waals surface area (Å²) < 4.78 is 19.4. The quantitative estimate of drug-likeness (QED) is 0.568. The lowest BCUT2D eigenvalue weighted by Gasteiger charge is -2.40. The van der Waals surface area contributed by atoms with E-state index in [2.05, 4.69) is 35.3 Å². The second-order valence-electron chi connectivity index (χ2n) is 8.09. The molecule has 3 heterocycles. The van der Waals surface area contributed by atoms with Crippen molar-refractivity contribution in [2.75, 3.05) is 38.2 Å². The van der Waals surface area contributed by atoms with E-state index in [-0.39, 0.29) is 5.75 Å². The van der Waals surface area contributed by atoms with Crippen LogP contribution in [0.25, 0.3) is 5.69 Å². The van der Waals surface area contributed by atoms with Crippen LogP contribution in [0.2, 0.25) is 5.02 Å². The van der Waals surface area contributed by atoms with Gasteiger partial charge >= 0.3 is 0 Å². The van der Waals surface area contributed by atoms with Gasteiger partial charge in [0, 0.05) is 38.3 Å². The van der Waals surface area contributed by atoms with Crippen molar-refractivity contribution >= 4 is 17.5 Å². The summed E-state index contributed by atoms with van der Waals surface area (Å²) in [5.41, 5.74) is 0.549. The molecule has 0 spiro atoms. The van der Waals surface area contributed by atoms with Gasteiger partial charge in [0.05, 0.1) is 30.2 Å². The molecule has 0 unspecified atom stereocenters. The number of hydrogen-bond acceptors (Lipinski definition) is 8. The summed E-state index contributed by atoms with van der Waals surface area (Å²) in [4.78, 5) is 13.5. The summed E-state index contributed by atoms with van der Waals surface area (Å²) in [5, 5.41) is 11.1. The minimum absolute atomic E-state index is 0.196. The highest BCUT2D eigenvalue weighted by Gasteiger charge is 2.25. The minimum Gasteiger partial charge on any atom is -0.494 e. The predicted molar refractivity (Wildman–Crippen MR) is 123 cm³/mol. The molecule has 2 fully saturated rings. The molecule has 1 aromatic carbocycles. The van der Waals surface area contributed by atoms with E-state index in [4.69, 9.17) is 16.3 Å². The maximum absolute atomic E-state index is 13.2. The van der Waals surface area contributed by atoms with E-state index >= 15 is 0 Å². The molecular weight excluding hydrogens is 447 g/mol. The summed E-state index contributed by atoms with van der Waals surface area (Å²) in [6, 6.07) is 5.31. The highest BCUT2D eigenvalue weighted by molar-refractivity contribution is 6.30. The molecule has 5 rings (SSSR count). The summed E-state index contributed by atoms with van der Waals surface area (Å²) in [6.45, 7) is 4.32. The maximum atomic E-state index is 13.2. The Kier molecular flexibility index (Phi) is 8.01. The van der Waals surface area contributed by atoms with Crippen LogP contribution in [-0.2, 0) is 0 Å². The molecule has 2 aliphatic rings. The minimum atomic E-state index is -0.444. The van der Waals surface area contributed by atoms with Crippen LogP contribution in [0, 0.1) is 5.82 Å². The van der Waals surface area contributed by atoms with E-state index in [1.54, 1.807) is 18.5 Å².